The summed E-state index contributed by atoms with van der Waals surface area (Å²) < 4.78 is 1.01. The Kier molecular flexibility index (Phi) is 4.14. The minimum atomic E-state index is -0.756. The number of aliphatic carboxylic acids is 1. The molecule has 1 rings (SSSR count). The number of carbonyl (C=O) groups is 1. The average Bonchev–Trinajstić information content (AvgIpc) is 2.17. The molecule has 0 aliphatic carbocycles. The van der Waals surface area contributed by atoms with E-state index >= 15 is 0 Å². The van der Waals surface area contributed by atoms with E-state index in [2.05, 4.69) is 15.9 Å². The maximum absolute atomic E-state index is 11.3. The van der Waals surface area contributed by atoms with Crippen molar-refractivity contribution in [3.8, 4) is 0 Å². The van der Waals surface area contributed by atoms with Crippen LogP contribution in [0.3, 0.4) is 0 Å². The Balaban J connectivity index is 3.31. The second kappa shape index (κ2) is 5.00. The molecule has 0 aliphatic rings. The number of carboxylic acid groups (broad SMARTS) is 1. The van der Waals surface area contributed by atoms with Crippen LogP contribution < -0.4 is 0 Å². The van der Waals surface area contributed by atoms with Gasteiger partial charge < -0.3 is 5.11 Å². The zero-order valence-electron chi connectivity index (χ0n) is 10.0. The molecular weight excluding hydrogens is 268 g/mol. The maximum atomic E-state index is 11.3. The van der Waals surface area contributed by atoms with Crippen molar-refractivity contribution in [1.82, 2.24) is 0 Å². The molecular formula is C13H17BrO2. The number of halogens is 1. The monoisotopic (exact) mass is 284 g/mol. The smallest absolute Gasteiger partial charge is 0.311 e. The van der Waals surface area contributed by atoms with Gasteiger partial charge in [-0.05, 0) is 36.5 Å². The van der Waals surface area contributed by atoms with Crippen molar-refractivity contribution in [2.75, 3.05) is 0 Å². The third kappa shape index (κ3) is 2.46. The molecule has 1 N–H and O–H groups in total. The molecule has 0 saturated heterocycles. The van der Waals surface area contributed by atoms with Crippen LogP contribution in [-0.4, -0.2) is 11.1 Å². The van der Waals surface area contributed by atoms with Gasteiger partial charge in [0.1, 0.15) is 0 Å². The Morgan fingerprint density at radius 1 is 1.31 bits per heavy atom. The highest BCUT2D eigenvalue weighted by atomic mass is 79.9. The molecule has 2 nitrogen and oxygen atoms in total. The summed E-state index contributed by atoms with van der Waals surface area (Å²) in [5, 5.41) is 9.27. The molecule has 1 aromatic carbocycles. The van der Waals surface area contributed by atoms with Gasteiger partial charge in [0.15, 0.2) is 0 Å². The normalized spacial score (nSPS) is 12.9. The van der Waals surface area contributed by atoms with Gasteiger partial charge in [0.05, 0.1) is 5.92 Å². The summed E-state index contributed by atoms with van der Waals surface area (Å²) in [4.78, 5) is 11.3. The molecule has 88 valence electrons. The highest BCUT2D eigenvalue weighted by Crippen LogP contribution is 2.32. The average molecular weight is 285 g/mol. The zero-order valence-corrected chi connectivity index (χ0v) is 11.6. The van der Waals surface area contributed by atoms with Crippen LogP contribution in [0.25, 0.3) is 0 Å². The lowest BCUT2D eigenvalue weighted by Crippen LogP contribution is -2.18. The molecule has 1 unspecified atom stereocenters. The van der Waals surface area contributed by atoms with Crippen LogP contribution in [-0.2, 0) is 4.79 Å². The Morgan fingerprint density at radius 3 is 2.31 bits per heavy atom. The lowest BCUT2D eigenvalue weighted by molar-refractivity contribution is -0.139. The topological polar surface area (TPSA) is 37.3 Å². The van der Waals surface area contributed by atoms with Crippen LogP contribution in [0.4, 0.5) is 0 Å². The summed E-state index contributed by atoms with van der Waals surface area (Å²) in [5.41, 5.74) is 3.07. The molecule has 0 radical (unpaired) electrons. The van der Waals surface area contributed by atoms with Crippen molar-refractivity contribution in [3.63, 3.8) is 0 Å². The second-order valence-electron chi connectivity index (χ2n) is 4.47. The molecule has 3 heteroatoms. The molecule has 0 fully saturated rings. The van der Waals surface area contributed by atoms with E-state index in [1.165, 1.54) is 0 Å². The largest absolute Gasteiger partial charge is 0.481 e. The molecule has 0 spiro atoms. The predicted octanol–water partition coefficient (Wildman–Crippen LogP) is 3.89. The van der Waals surface area contributed by atoms with Gasteiger partial charge in [0.2, 0.25) is 0 Å². The van der Waals surface area contributed by atoms with Gasteiger partial charge in [-0.2, -0.15) is 0 Å². The van der Waals surface area contributed by atoms with E-state index in [0.717, 1.165) is 21.2 Å². The summed E-state index contributed by atoms with van der Waals surface area (Å²) in [5.74, 6) is -1.10. The van der Waals surface area contributed by atoms with Crippen LogP contribution in [0.15, 0.2) is 16.6 Å². The lowest BCUT2D eigenvalue weighted by Gasteiger charge is -2.20. The van der Waals surface area contributed by atoms with Crippen molar-refractivity contribution in [1.29, 1.82) is 0 Å². The summed E-state index contributed by atoms with van der Waals surface area (Å²) in [6.07, 6.45) is 0. The van der Waals surface area contributed by atoms with E-state index in [9.17, 15) is 9.90 Å². The number of benzene rings is 1. The fourth-order valence-electron chi connectivity index (χ4n) is 1.95. The Hall–Kier alpha value is -0.830. The summed E-state index contributed by atoms with van der Waals surface area (Å²) in [6, 6.07) is 3.89. The van der Waals surface area contributed by atoms with E-state index in [4.69, 9.17) is 0 Å². The van der Waals surface area contributed by atoms with Gasteiger partial charge in [0, 0.05) is 4.47 Å². The van der Waals surface area contributed by atoms with Crippen LogP contribution in [0, 0.1) is 19.8 Å². The summed E-state index contributed by atoms with van der Waals surface area (Å²) in [7, 11) is 0. The van der Waals surface area contributed by atoms with Gasteiger partial charge >= 0.3 is 5.97 Å². The molecule has 0 aliphatic heterocycles. The second-order valence-corrected chi connectivity index (χ2v) is 5.26. The van der Waals surface area contributed by atoms with Gasteiger partial charge in [-0.3, -0.25) is 4.79 Å². The van der Waals surface area contributed by atoms with Crippen molar-refractivity contribution >= 4 is 21.9 Å². The number of rotatable bonds is 3. The van der Waals surface area contributed by atoms with Crippen LogP contribution in [0.1, 0.15) is 36.5 Å². The summed E-state index contributed by atoms with van der Waals surface area (Å²) >= 11 is 3.50. The Bertz CT molecular complexity index is 411. The maximum Gasteiger partial charge on any atom is 0.311 e. The van der Waals surface area contributed by atoms with Gasteiger partial charge in [-0.1, -0.05) is 41.9 Å². The van der Waals surface area contributed by atoms with Crippen molar-refractivity contribution in [2.24, 2.45) is 5.92 Å². The van der Waals surface area contributed by atoms with Crippen molar-refractivity contribution in [2.45, 2.75) is 33.6 Å². The first-order valence-electron chi connectivity index (χ1n) is 5.34. The molecule has 0 aromatic heterocycles. The molecule has 0 bridgehead atoms. The first kappa shape index (κ1) is 13.2. The molecule has 0 amide bonds. The quantitative estimate of drug-likeness (QED) is 0.914. The molecule has 16 heavy (non-hydrogen) atoms. The lowest BCUT2D eigenvalue weighted by atomic mass is 9.85. The zero-order chi connectivity index (χ0) is 12.5. The summed E-state index contributed by atoms with van der Waals surface area (Å²) in [6.45, 7) is 7.84. The van der Waals surface area contributed by atoms with Gasteiger partial charge in [-0.15, -0.1) is 0 Å². The highest BCUT2D eigenvalue weighted by molar-refractivity contribution is 9.10. The van der Waals surface area contributed by atoms with Crippen LogP contribution >= 0.6 is 15.9 Å². The SMILES string of the molecule is Cc1ccc(C(C(=O)O)C(C)C)c(C)c1Br. The van der Waals surface area contributed by atoms with E-state index in [1.54, 1.807) is 0 Å². The highest BCUT2D eigenvalue weighted by Gasteiger charge is 2.25. The number of aryl methyl sites for hydroxylation is 1. The minimum Gasteiger partial charge on any atom is -0.481 e. The van der Waals surface area contributed by atoms with E-state index in [-0.39, 0.29) is 5.92 Å². The third-order valence-electron chi connectivity index (χ3n) is 2.89. The number of hydrogen-bond acceptors (Lipinski definition) is 1. The third-order valence-corrected chi connectivity index (χ3v) is 4.11. The first-order valence-corrected chi connectivity index (χ1v) is 6.14. The van der Waals surface area contributed by atoms with Crippen molar-refractivity contribution in [3.05, 3.63) is 33.3 Å². The Morgan fingerprint density at radius 2 is 1.88 bits per heavy atom. The fraction of sp³-hybridized carbons (Fsp3) is 0.462. The minimum absolute atomic E-state index is 0.0887. The van der Waals surface area contributed by atoms with Crippen molar-refractivity contribution < 1.29 is 9.90 Å². The first-order chi connectivity index (χ1) is 7.36. The van der Waals surface area contributed by atoms with Gasteiger partial charge in [0.25, 0.3) is 0 Å². The van der Waals surface area contributed by atoms with Crippen LogP contribution in [0.5, 0.6) is 0 Å². The fourth-order valence-corrected chi connectivity index (χ4v) is 2.31. The van der Waals surface area contributed by atoms with E-state index < -0.39 is 11.9 Å². The van der Waals surface area contributed by atoms with E-state index in [1.807, 2.05) is 39.8 Å². The standard InChI is InChI=1S/C13H17BrO2/c1-7(2)11(13(15)16)10-6-5-8(3)12(14)9(10)4/h5-7,11H,1-4H3,(H,15,16). The van der Waals surface area contributed by atoms with Crippen LogP contribution in [0.2, 0.25) is 0 Å². The number of carboxylic acids is 1. The molecule has 0 saturated carbocycles. The van der Waals surface area contributed by atoms with E-state index in [0.29, 0.717) is 0 Å². The molecule has 0 heterocycles. The molecule has 1 aromatic rings. The molecule has 1 atom stereocenters. The number of hydrogen-bond donors (Lipinski definition) is 1. The Labute approximate surface area is 105 Å². The predicted molar refractivity (Wildman–Crippen MR) is 68.8 cm³/mol. The van der Waals surface area contributed by atoms with Gasteiger partial charge in [-0.25, -0.2) is 0 Å².